The SMILES string of the molecule is CN(C)S(=O)(=O)c1cc(NC(=O)COC(=O)Cc2ccc(-c3ccccc3)cc2)ccc1Cl. The Labute approximate surface area is 198 Å². The van der Waals surface area contributed by atoms with E-state index in [0.29, 0.717) is 0 Å². The normalized spacial score (nSPS) is 11.3. The summed E-state index contributed by atoms with van der Waals surface area (Å²) < 4.78 is 30.8. The third-order valence-electron chi connectivity index (χ3n) is 4.75. The van der Waals surface area contributed by atoms with Gasteiger partial charge in [-0.3, -0.25) is 9.59 Å². The number of carbonyl (C=O) groups excluding carboxylic acids is 2. The monoisotopic (exact) mass is 486 g/mol. The Kier molecular flexibility index (Phi) is 7.86. The fraction of sp³-hybridized carbons (Fsp3) is 0.167. The molecule has 0 saturated carbocycles. The molecule has 33 heavy (non-hydrogen) atoms. The van der Waals surface area contributed by atoms with E-state index in [1.165, 1.54) is 32.3 Å². The molecule has 9 heteroatoms. The summed E-state index contributed by atoms with van der Waals surface area (Å²) in [5, 5.41) is 2.54. The Morgan fingerprint density at radius 2 is 1.58 bits per heavy atom. The van der Waals surface area contributed by atoms with E-state index in [-0.39, 0.29) is 22.0 Å². The van der Waals surface area contributed by atoms with Gasteiger partial charge in [0.25, 0.3) is 5.91 Å². The minimum Gasteiger partial charge on any atom is -0.455 e. The third kappa shape index (κ3) is 6.41. The van der Waals surface area contributed by atoms with Crippen molar-refractivity contribution in [1.82, 2.24) is 4.31 Å². The molecule has 3 aromatic carbocycles. The van der Waals surface area contributed by atoms with Crippen LogP contribution < -0.4 is 5.32 Å². The van der Waals surface area contributed by atoms with E-state index in [0.717, 1.165) is 21.0 Å². The second-order valence-corrected chi connectivity index (χ2v) is 9.91. The van der Waals surface area contributed by atoms with Crippen LogP contribution in [0.5, 0.6) is 0 Å². The average molecular weight is 487 g/mol. The average Bonchev–Trinajstić information content (AvgIpc) is 2.80. The molecule has 0 saturated heterocycles. The molecule has 0 unspecified atom stereocenters. The Bertz CT molecular complexity index is 1240. The number of nitrogens with zero attached hydrogens (tertiary/aromatic N) is 1. The summed E-state index contributed by atoms with van der Waals surface area (Å²) in [6, 6.07) is 21.5. The number of hydrogen-bond donors (Lipinski definition) is 1. The van der Waals surface area contributed by atoms with Crippen molar-refractivity contribution in [2.45, 2.75) is 11.3 Å². The van der Waals surface area contributed by atoms with Crippen molar-refractivity contribution in [3.8, 4) is 11.1 Å². The van der Waals surface area contributed by atoms with Gasteiger partial charge in [-0.15, -0.1) is 0 Å². The molecule has 1 amide bonds. The zero-order valence-electron chi connectivity index (χ0n) is 18.1. The van der Waals surface area contributed by atoms with Gasteiger partial charge < -0.3 is 10.1 Å². The summed E-state index contributed by atoms with van der Waals surface area (Å²) in [6.45, 7) is -0.501. The van der Waals surface area contributed by atoms with Gasteiger partial charge in [0, 0.05) is 19.8 Å². The zero-order chi connectivity index (χ0) is 24.0. The second-order valence-electron chi connectivity index (χ2n) is 7.38. The van der Waals surface area contributed by atoms with E-state index in [1.54, 1.807) is 0 Å². The lowest BCUT2D eigenvalue weighted by atomic mass is 10.0. The van der Waals surface area contributed by atoms with Crippen molar-refractivity contribution in [2.75, 3.05) is 26.0 Å². The maximum absolute atomic E-state index is 12.3. The van der Waals surface area contributed by atoms with Crippen molar-refractivity contribution in [3.05, 3.63) is 83.4 Å². The van der Waals surface area contributed by atoms with Gasteiger partial charge in [-0.1, -0.05) is 66.2 Å². The number of anilines is 1. The van der Waals surface area contributed by atoms with Gasteiger partial charge in [0.05, 0.1) is 11.4 Å². The van der Waals surface area contributed by atoms with Crippen LogP contribution in [0, 0.1) is 0 Å². The first-order valence-electron chi connectivity index (χ1n) is 9.99. The molecule has 3 aromatic rings. The van der Waals surface area contributed by atoms with Crippen LogP contribution in [0.2, 0.25) is 5.02 Å². The van der Waals surface area contributed by atoms with E-state index < -0.39 is 28.5 Å². The number of esters is 1. The largest absolute Gasteiger partial charge is 0.455 e. The van der Waals surface area contributed by atoms with Crippen LogP contribution in [0.3, 0.4) is 0 Å². The summed E-state index contributed by atoms with van der Waals surface area (Å²) in [4.78, 5) is 24.2. The van der Waals surface area contributed by atoms with E-state index in [2.05, 4.69) is 5.32 Å². The van der Waals surface area contributed by atoms with Gasteiger partial charge in [0.15, 0.2) is 6.61 Å². The molecule has 3 rings (SSSR count). The highest BCUT2D eigenvalue weighted by Crippen LogP contribution is 2.27. The Morgan fingerprint density at radius 3 is 2.21 bits per heavy atom. The Morgan fingerprint density at radius 1 is 0.939 bits per heavy atom. The van der Waals surface area contributed by atoms with Gasteiger partial charge in [0.1, 0.15) is 4.90 Å². The van der Waals surface area contributed by atoms with Gasteiger partial charge >= 0.3 is 5.97 Å². The number of hydrogen-bond acceptors (Lipinski definition) is 5. The van der Waals surface area contributed by atoms with Crippen molar-refractivity contribution in [2.24, 2.45) is 0 Å². The van der Waals surface area contributed by atoms with E-state index >= 15 is 0 Å². The van der Waals surface area contributed by atoms with Crippen LogP contribution in [-0.2, 0) is 30.8 Å². The van der Waals surface area contributed by atoms with E-state index in [9.17, 15) is 18.0 Å². The first-order chi connectivity index (χ1) is 15.7. The molecule has 0 heterocycles. The fourth-order valence-electron chi connectivity index (χ4n) is 2.98. The summed E-state index contributed by atoms with van der Waals surface area (Å²) in [5.74, 6) is -1.15. The maximum Gasteiger partial charge on any atom is 0.310 e. The number of halogens is 1. The third-order valence-corrected chi connectivity index (χ3v) is 7.04. The van der Waals surface area contributed by atoms with Crippen LogP contribution in [-0.4, -0.2) is 45.3 Å². The molecule has 172 valence electrons. The Hall–Kier alpha value is -3.20. The quantitative estimate of drug-likeness (QED) is 0.486. The molecular formula is C24H23ClN2O5S. The van der Waals surface area contributed by atoms with Crippen LogP contribution in [0.4, 0.5) is 5.69 Å². The minimum absolute atomic E-state index is 0.0223. The first-order valence-corrected chi connectivity index (χ1v) is 11.8. The standard InChI is InChI=1S/C24H23ClN2O5S/c1-27(2)33(30,31)22-15-20(12-13-21(22)25)26-23(28)16-32-24(29)14-17-8-10-19(11-9-17)18-6-4-3-5-7-18/h3-13,15H,14,16H2,1-2H3,(H,26,28). The molecule has 1 N–H and O–H groups in total. The molecule has 0 spiro atoms. The molecule has 0 radical (unpaired) electrons. The molecule has 0 fully saturated rings. The molecular weight excluding hydrogens is 464 g/mol. The van der Waals surface area contributed by atoms with E-state index in [4.69, 9.17) is 16.3 Å². The van der Waals surface area contributed by atoms with Crippen molar-refractivity contribution in [1.29, 1.82) is 0 Å². The molecule has 0 aliphatic carbocycles. The van der Waals surface area contributed by atoms with Crippen LogP contribution in [0.1, 0.15) is 5.56 Å². The van der Waals surface area contributed by atoms with Gasteiger partial charge in [0.2, 0.25) is 10.0 Å². The van der Waals surface area contributed by atoms with Gasteiger partial charge in [-0.25, -0.2) is 12.7 Å². The highest BCUT2D eigenvalue weighted by atomic mass is 35.5. The molecule has 0 bridgehead atoms. The zero-order valence-corrected chi connectivity index (χ0v) is 19.7. The van der Waals surface area contributed by atoms with Gasteiger partial charge in [-0.05, 0) is 34.9 Å². The predicted octanol–water partition coefficient (Wildman–Crippen LogP) is 3.98. The number of carbonyl (C=O) groups is 2. The van der Waals surface area contributed by atoms with Crippen LogP contribution in [0.15, 0.2) is 77.7 Å². The van der Waals surface area contributed by atoms with E-state index in [1.807, 2.05) is 54.6 Å². The minimum atomic E-state index is -3.78. The lowest BCUT2D eigenvalue weighted by molar-refractivity contribution is -0.146. The fourth-order valence-corrected chi connectivity index (χ4v) is 4.38. The summed E-state index contributed by atoms with van der Waals surface area (Å²) in [5.41, 5.74) is 3.09. The van der Waals surface area contributed by atoms with Gasteiger partial charge in [-0.2, -0.15) is 0 Å². The highest BCUT2D eigenvalue weighted by molar-refractivity contribution is 7.89. The predicted molar refractivity (Wildman–Crippen MR) is 127 cm³/mol. The number of amides is 1. The molecule has 0 atom stereocenters. The smallest absolute Gasteiger partial charge is 0.310 e. The first kappa shape index (κ1) is 24.4. The lowest BCUT2D eigenvalue weighted by Crippen LogP contribution is -2.24. The highest BCUT2D eigenvalue weighted by Gasteiger charge is 2.21. The molecule has 0 aliphatic rings. The number of rotatable bonds is 8. The number of benzene rings is 3. The second kappa shape index (κ2) is 10.6. The van der Waals surface area contributed by atoms with Crippen LogP contribution >= 0.6 is 11.6 Å². The Balaban J connectivity index is 1.54. The lowest BCUT2D eigenvalue weighted by Gasteiger charge is -2.14. The number of sulfonamides is 1. The summed E-state index contributed by atoms with van der Waals surface area (Å²) in [7, 11) is -1.02. The van der Waals surface area contributed by atoms with Crippen LogP contribution in [0.25, 0.3) is 11.1 Å². The van der Waals surface area contributed by atoms with Crippen molar-refractivity contribution >= 4 is 39.2 Å². The molecule has 7 nitrogen and oxygen atoms in total. The number of nitrogens with one attached hydrogen (secondary N) is 1. The summed E-state index contributed by atoms with van der Waals surface area (Å²) >= 11 is 6.00. The van der Waals surface area contributed by atoms with Crippen molar-refractivity contribution in [3.63, 3.8) is 0 Å². The maximum atomic E-state index is 12.3. The summed E-state index contributed by atoms with van der Waals surface area (Å²) in [6.07, 6.45) is 0.0223. The molecule has 0 aliphatic heterocycles. The van der Waals surface area contributed by atoms with Crippen molar-refractivity contribution < 1.29 is 22.7 Å². The molecule has 0 aromatic heterocycles. The number of ether oxygens (including phenoxy) is 1. The topological polar surface area (TPSA) is 92.8 Å².